The fourth-order valence-corrected chi connectivity index (χ4v) is 2.87. The fraction of sp³-hybridized carbons (Fsp3) is 0. The Balaban J connectivity index is 2.83. The van der Waals surface area contributed by atoms with Crippen molar-refractivity contribution in [3.05, 3.63) is 30.3 Å². The second-order valence-corrected chi connectivity index (χ2v) is 5.48. The van der Waals surface area contributed by atoms with Crippen LogP contribution in [-0.4, -0.2) is 18.8 Å². The quantitative estimate of drug-likeness (QED) is 0.426. The van der Waals surface area contributed by atoms with E-state index in [4.69, 9.17) is 0 Å². The van der Waals surface area contributed by atoms with Gasteiger partial charge in [0.2, 0.25) is 0 Å². The van der Waals surface area contributed by atoms with Gasteiger partial charge in [-0.15, -0.1) is 0 Å². The Hall–Kier alpha value is -0.346. The lowest BCUT2D eigenvalue weighted by Crippen LogP contribution is -2.12. The van der Waals surface area contributed by atoms with Gasteiger partial charge in [-0.25, -0.2) is 0 Å². The molecule has 0 heterocycles. The van der Waals surface area contributed by atoms with Gasteiger partial charge in [0.25, 0.3) is 0 Å². The van der Waals surface area contributed by atoms with E-state index in [2.05, 4.69) is 30.3 Å². The van der Waals surface area contributed by atoms with Crippen LogP contribution in [0.15, 0.2) is 30.3 Å². The molecule has 0 unspecified atom stereocenters. The highest BCUT2D eigenvalue weighted by atomic mass is 29.1. The van der Waals surface area contributed by atoms with Gasteiger partial charge in [0.1, 0.15) is 0 Å². The summed E-state index contributed by atoms with van der Waals surface area (Å²) in [5, 5.41) is 1.61. The predicted molar refractivity (Wildman–Crippen MR) is 44.6 cm³/mol. The first-order valence-electron chi connectivity index (χ1n) is 2.97. The lowest BCUT2D eigenvalue weighted by Gasteiger charge is -1.89. The summed E-state index contributed by atoms with van der Waals surface area (Å²) in [7, 11) is 1.65. The van der Waals surface area contributed by atoms with E-state index in [0.717, 1.165) is 0 Å². The average Bonchev–Trinajstić information content (AvgIpc) is 1.90. The second kappa shape index (κ2) is 2.84. The van der Waals surface area contributed by atoms with E-state index in [1.807, 2.05) is 0 Å². The molecule has 0 aromatic heterocycles. The number of hydrogen-bond acceptors (Lipinski definition) is 0. The van der Waals surface area contributed by atoms with Crippen molar-refractivity contribution < 1.29 is 0 Å². The highest BCUT2D eigenvalue weighted by Gasteiger charge is 1.80. The molecule has 0 aliphatic heterocycles. The van der Waals surface area contributed by atoms with E-state index < -0.39 is 0 Å². The number of rotatable bonds is 1. The minimum atomic E-state index is 0.230. The molecule has 1 aromatic carbocycles. The van der Waals surface area contributed by atoms with Gasteiger partial charge in [0.05, 0.1) is 0 Å². The summed E-state index contributed by atoms with van der Waals surface area (Å²) < 4.78 is 0. The first-order valence-corrected chi connectivity index (χ1v) is 9.34. The fourth-order valence-electron chi connectivity index (χ4n) is 0.714. The molecule has 0 nitrogen and oxygen atoms in total. The van der Waals surface area contributed by atoms with E-state index in [1.165, 1.54) is 9.76 Å². The Morgan fingerprint density at radius 1 is 1.12 bits per heavy atom. The summed E-state index contributed by atoms with van der Waals surface area (Å²) in [6.45, 7) is 0. The standard InChI is InChI=1S/C6H10Si2/c7-8-6-4-2-1-3-5-6/h1-5H,8H2,7H3. The third-order valence-corrected chi connectivity index (χ3v) is 4.99. The molecule has 0 saturated heterocycles. The van der Waals surface area contributed by atoms with Crippen LogP contribution in [0.1, 0.15) is 0 Å². The summed E-state index contributed by atoms with van der Waals surface area (Å²) in [4.78, 5) is 0. The smallest absolute Gasteiger partial charge is 0.0384 e. The highest BCUT2D eigenvalue weighted by Crippen LogP contribution is 1.78. The van der Waals surface area contributed by atoms with Crippen molar-refractivity contribution in [2.24, 2.45) is 0 Å². The van der Waals surface area contributed by atoms with Gasteiger partial charge in [-0.1, -0.05) is 35.5 Å². The van der Waals surface area contributed by atoms with Gasteiger partial charge in [0.15, 0.2) is 0 Å². The molecule has 1 aromatic rings. The van der Waals surface area contributed by atoms with Crippen molar-refractivity contribution in [1.82, 2.24) is 0 Å². The monoisotopic (exact) mass is 138 g/mol. The zero-order valence-corrected chi connectivity index (χ0v) is 8.51. The average molecular weight is 138 g/mol. The molecule has 0 bridgehead atoms. The van der Waals surface area contributed by atoms with Crippen LogP contribution in [0, 0.1) is 0 Å². The topological polar surface area (TPSA) is 0 Å². The zero-order valence-electron chi connectivity index (χ0n) is 5.09. The molecule has 2 heteroatoms. The molecule has 0 amide bonds. The Bertz CT molecular complexity index is 148. The summed E-state index contributed by atoms with van der Waals surface area (Å²) in [5.74, 6) is 0. The summed E-state index contributed by atoms with van der Waals surface area (Å²) >= 11 is 0. The molecule has 8 heavy (non-hydrogen) atoms. The van der Waals surface area contributed by atoms with E-state index in [9.17, 15) is 0 Å². The van der Waals surface area contributed by atoms with Crippen molar-refractivity contribution in [3.8, 4) is 0 Å². The SMILES string of the molecule is [SiH3][SiH2]c1ccccc1. The van der Waals surface area contributed by atoms with Crippen molar-refractivity contribution >= 4 is 24.0 Å². The molecule has 0 saturated carbocycles. The van der Waals surface area contributed by atoms with Gasteiger partial charge in [0, 0.05) is 9.04 Å². The lowest BCUT2D eigenvalue weighted by molar-refractivity contribution is 1.77. The molecule has 0 radical (unpaired) electrons. The Labute approximate surface area is 55.0 Å². The van der Waals surface area contributed by atoms with Crippen LogP contribution in [0.25, 0.3) is 0 Å². The predicted octanol–water partition coefficient (Wildman–Crippen LogP) is -1.24. The third-order valence-electron chi connectivity index (χ3n) is 1.25. The van der Waals surface area contributed by atoms with Crippen LogP contribution >= 0.6 is 0 Å². The van der Waals surface area contributed by atoms with E-state index in [-0.39, 0.29) is 9.04 Å². The van der Waals surface area contributed by atoms with Crippen LogP contribution in [0.2, 0.25) is 0 Å². The summed E-state index contributed by atoms with van der Waals surface area (Å²) in [6.07, 6.45) is 0. The van der Waals surface area contributed by atoms with Gasteiger partial charge < -0.3 is 0 Å². The third kappa shape index (κ3) is 1.31. The number of benzene rings is 1. The Morgan fingerprint density at radius 2 is 1.75 bits per heavy atom. The maximum atomic E-state index is 2.24. The molecule has 0 aliphatic rings. The van der Waals surface area contributed by atoms with Gasteiger partial charge >= 0.3 is 0 Å². The first-order chi connectivity index (χ1) is 3.93. The summed E-state index contributed by atoms with van der Waals surface area (Å²) in [5.41, 5.74) is 0. The van der Waals surface area contributed by atoms with Crippen molar-refractivity contribution in [2.45, 2.75) is 0 Å². The summed E-state index contributed by atoms with van der Waals surface area (Å²) in [6, 6.07) is 10.8. The first kappa shape index (κ1) is 5.78. The highest BCUT2D eigenvalue weighted by molar-refractivity contribution is 6.97. The minimum Gasteiger partial charge on any atom is -0.0705 e. The maximum absolute atomic E-state index is 2.24. The molecular weight excluding hydrogens is 128 g/mol. The van der Waals surface area contributed by atoms with Gasteiger partial charge in [-0.05, 0) is 9.76 Å². The largest absolute Gasteiger partial charge is 0.0705 e. The van der Waals surface area contributed by atoms with Gasteiger partial charge in [-0.2, -0.15) is 0 Å². The van der Waals surface area contributed by atoms with Crippen molar-refractivity contribution in [3.63, 3.8) is 0 Å². The van der Waals surface area contributed by atoms with Crippen LogP contribution < -0.4 is 5.19 Å². The molecule has 42 valence electrons. The molecule has 0 atom stereocenters. The van der Waals surface area contributed by atoms with E-state index >= 15 is 0 Å². The Kier molecular flexibility index (Phi) is 2.05. The molecule has 0 fully saturated rings. The molecule has 0 spiro atoms. The van der Waals surface area contributed by atoms with E-state index in [1.54, 1.807) is 5.19 Å². The van der Waals surface area contributed by atoms with Gasteiger partial charge in [-0.3, -0.25) is 0 Å². The molecule has 1 rings (SSSR count). The zero-order chi connectivity index (χ0) is 5.82. The number of hydrogen-bond donors (Lipinski definition) is 0. The van der Waals surface area contributed by atoms with Crippen molar-refractivity contribution in [2.75, 3.05) is 0 Å². The van der Waals surface area contributed by atoms with E-state index in [0.29, 0.717) is 0 Å². The van der Waals surface area contributed by atoms with Crippen LogP contribution in [0.3, 0.4) is 0 Å². The minimum absolute atomic E-state index is 0.230. The Morgan fingerprint density at radius 3 is 2.12 bits per heavy atom. The van der Waals surface area contributed by atoms with Crippen LogP contribution in [0.4, 0.5) is 0 Å². The maximum Gasteiger partial charge on any atom is 0.0384 e. The van der Waals surface area contributed by atoms with Crippen molar-refractivity contribution in [1.29, 1.82) is 0 Å². The normalized spacial score (nSPS) is 11.0. The molecule has 0 N–H and O–H groups in total. The van der Waals surface area contributed by atoms with Crippen LogP contribution in [-0.2, 0) is 0 Å². The lowest BCUT2D eigenvalue weighted by atomic mass is 10.4. The molecular formula is C6H10Si2. The second-order valence-electron chi connectivity index (χ2n) is 1.84. The van der Waals surface area contributed by atoms with Crippen LogP contribution in [0.5, 0.6) is 0 Å². The molecule has 0 aliphatic carbocycles.